The molecule has 1 saturated carbocycles. The second-order valence-electron chi connectivity index (χ2n) is 6.30. The molecule has 0 spiro atoms. The van der Waals surface area contributed by atoms with Crippen molar-refractivity contribution in [1.82, 2.24) is 4.90 Å². The molecule has 1 unspecified atom stereocenters. The molecule has 0 aromatic rings. The molecule has 1 saturated heterocycles. The Kier molecular flexibility index (Phi) is 3.61. The van der Waals surface area contributed by atoms with Crippen molar-refractivity contribution >= 4 is 5.84 Å². The molecular weight excluding hydrogens is 214 g/mol. The fourth-order valence-corrected chi connectivity index (χ4v) is 3.01. The Morgan fingerprint density at radius 1 is 1.53 bits per heavy atom. The average Bonchev–Trinajstić information content (AvgIpc) is 2.86. The van der Waals surface area contributed by atoms with Gasteiger partial charge in [0.1, 0.15) is 5.84 Å². The summed E-state index contributed by atoms with van der Waals surface area (Å²) in [7, 11) is 0. The first-order valence-corrected chi connectivity index (χ1v) is 6.73. The average molecular weight is 239 g/mol. The minimum absolute atomic E-state index is 0.322. The molecule has 3 N–H and O–H groups in total. The van der Waals surface area contributed by atoms with Gasteiger partial charge in [0.25, 0.3) is 0 Å². The largest absolute Gasteiger partial charge is 0.409 e. The summed E-state index contributed by atoms with van der Waals surface area (Å²) in [6, 6.07) is 0. The highest BCUT2D eigenvalue weighted by Gasteiger charge is 2.45. The van der Waals surface area contributed by atoms with Gasteiger partial charge in [0.2, 0.25) is 0 Å². The van der Waals surface area contributed by atoms with Gasteiger partial charge in [-0.3, -0.25) is 0 Å². The normalized spacial score (nSPS) is 28.9. The van der Waals surface area contributed by atoms with Crippen molar-refractivity contribution in [2.24, 2.45) is 28.1 Å². The van der Waals surface area contributed by atoms with E-state index in [0.29, 0.717) is 11.3 Å². The van der Waals surface area contributed by atoms with Gasteiger partial charge in [0.05, 0.1) is 0 Å². The Morgan fingerprint density at radius 3 is 2.71 bits per heavy atom. The van der Waals surface area contributed by atoms with Gasteiger partial charge in [0, 0.05) is 19.5 Å². The molecule has 4 heteroatoms. The van der Waals surface area contributed by atoms with E-state index in [2.05, 4.69) is 23.9 Å². The van der Waals surface area contributed by atoms with Crippen LogP contribution in [0.3, 0.4) is 0 Å². The standard InChI is InChI=1S/C13H25N3O/c1-10(2)11-3-6-16(8-11)9-13(4-5-13)7-12(14)15-17/h10-11,17H,3-9H2,1-2H3,(H2,14,15). The summed E-state index contributed by atoms with van der Waals surface area (Å²) < 4.78 is 0. The van der Waals surface area contributed by atoms with Gasteiger partial charge >= 0.3 is 0 Å². The van der Waals surface area contributed by atoms with E-state index in [9.17, 15) is 0 Å². The van der Waals surface area contributed by atoms with Gasteiger partial charge in [-0.15, -0.1) is 0 Å². The lowest BCUT2D eigenvalue weighted by molar-refractivity contribution is 0.247. The zero-order chi connectivity index (χ0) is 12.5. The maximum absolute atomic E-state index is 8.65. The molecule has 0 amide bonds. The summed E-state index contributed by atoms with van der Waals surface area (Å²) in [6.45, 7) is 8.22. The van der Waals surface area contributed by atoms with Gasteiger partial charge in [0.15, 0.2) is 0 Å². The Bertz CT molecular complexity index is 297. The van der Waals surface area contributed by atoms with Crippen molar-refractivity contribution in [3.8, 4) is 0 Å². The SMILES string of the molecule is CC(C)C1CCN(CC2(CC(N)=NO)CC2)C1. The minimum Gasteiger partial charge on any atom is -0.409 e. The Balaban J connectivity index is 1.82. The topological polar surface area (TPSA) is 61.8 Å². The molecule has 0 aromatic heterocycles. The third-order valence-corrected chi connectivity index (χ3v) is 4.45. The molecule has 0 bridgehead atoms. The minimum atomic E-state index is 0.322. The first-order valence-electron chi connectivity index (χ1n) is 6.73. The van der Waals surface area contributed by atoms with Crippen molar-refractivity contribution in [2.75, 3.05) is 19.6 Å². The summed E-state index contributed by atoms with van der Waals surface area (Å²) in [5.41, 5.74) is 5.95. The highest BCUT2D eigenvalue weighted by molar-refractivity contribution is 5.80. The summed E-state index contributed by atoms with van der Waals surface area (Å²) in [5.74, 6) is 2.04. The highest BCUT2D eigenvalue weighted by Crippen LogP contribution is 2.50. The fraction of sp³-hybridized carbons (Fsp3) is 0.923. The first kappa shape index (κ1) is 12.7. The molecule has 2 fully saturated rings. The number of rotatable bonds is 5. The number of likely N-dealkylation sites (tertiary alicyclic amines) is 1. The highest BCUT2D eigenvalue weighted by atomic mass is 16.4. The molecule has 0 radical (unpaired) electrons. The molecular formula is C13H25N3O. The second kappa shape index (κ2) is 4.84. The third-order valence-electron chi connectivity index (χ3n) is 4.45. The summed E-state index contributed by atoms with van der Waals surface area (Å²) in [6.07, 6.45) is 4.54. The van der Waals surface area contributed by atoms with Crippen LogP contribution >= 0.6 is 0 Å². The zero-order valence-electron chi connectivity index (χ0n) is 11.0. The van der Waals surface area contributed by atoms with Crippen LogP contribution in [-0.4, -0.2) is 35.6 Å². The van der Waals surface area contributed by atoms with Crippen molar-refractivity contribution < 1.29 is 5.21 Å². The number of nitrogens with two attached hydrogens (primary N) is 1. The number of amidine groups is 1. The van der Waals surface area contributed by atoms with Crippen LogP contribution in [0.4, 0.5) is 0 Å². The van der Waals surface area contributed by atoms with Crippen LogP contribution < -0.4 is 5.73 Å². The van der Waals surface area contributed by atoms with Crippen LogP contribution in [0.2, 0.25) is 0 Å². The molecule has 1 heterocycles. The van der Waals surface area contributed by atoms with Crippen LogP contribution in [0.15, 0.2) is 5.16 Å². The predicted octanol–water partition coefficient (Wildman–Crippen LogP) is 1.88. The summed E-state index contributed by atoms with van der Waals surface area (Å²) >= 11 is 0. The lowest BCUT2D eigenvalue weighted by atomic mass is 9.95. The Hall–Kier alpha value is -0.770. The second-order valence-corrected chi connectivity index (χ2v) is 6.30. The number of nitrogens with zero attached hydrogens (tertiary/aromatic N) is 2. The number of hydrogen-bond acceptors (Lipinski definition) is 3. The molecule has 98 valence electrons. The molecule has 0 aromatic carbocycles. The van der Waals surface area contributed by atoms with Gasteiger partial charge in [-0.1, -0.05) is 19.0 Å². The van der Waals surface area contributed by atoms with Crippen molar-refractivity contribution in [1.29, 1.82) is 0 Å². The Morgan fingerprint density at radius 2 is 2.24 bits per heavy atom. The van der Waals surface area contributed by atoms with E-state index in [4.69, 9.17) is 10.9 Å². The van der Waals surface area contributed by atoms with E-state index in [1.54, 1.807) is 0 Å². The van der Waals surface area contributed by atoms with Gasteiger partial charge in [-0.05, 0) is 43.1 Å². The van der Waals surface area contributed by atoms with Crippen LogP contribution in [-0.2, 0) is 0 Å². The molecule has 17 heavy (non-hydrogen) atoms. The maximum Gasteiger partial charge on any atom is 0.139 e. The lowest BCUT2D eigenvalue weighted by Crippen LogP contribution is -2.31. The summed E-state index contributed by atoms with van der Waals surface area (Å²) in [4.78, 5) is 2.57. The van der Waals surface area contributed by atoms with E-state index in [1.807, 2.05) is 0 Å². The van der Waals surface area contributed by atoms with Crippen LogP contribution in [0.25, 0.3) is 0 Å². The third kappa shape index (κ3) is 3.12. The molecule has 2 rings (SSSR count). The molecule has 1 aliphatic carbocycles. The van der Waals surface area contributed by atoms with Crippen LogP contribution in [0.1, 0.15) is 39.5 Å². The molecule has 1 atom stereocenters. The molecule has 2 aliphatic rings. The first-order chi connectivity index (χ1) is 8.04. The zero-order valence-corrected chi connectivity index (χ0v) is 11.0. The monoisotopic (exact) mass is 239 g/mol. The van der Waals surface area contributed by atoms with E-state index in [-0.39, 0.29) is 0 Å². The van der Waals surface area contributed by atoms with E-state index in [1.165, 1.54) is 32.4 Å². The number of oxime groups is 1. The van der Waals surface area contributed by atoms with Gasteiger partial charge in [-0.25, -0.2) is 0 Å². The number of hydrogen-bond donors (Lipinski definition) is 2. The van der Waals surface area contributed by atoms with Crippen LogP contribution in [0, 0.1) is 17.3 Å². The maximum atomic E-state index is 8.65. The molecule has 4 nitrogen and oxygen atoms in total. The quantitative estimate of drug-likeness (QED) is 0.333. The fourth-order valence-electron chi connectivity index (χ4n) is 3.01. The Labute approximate surface area is 104 Å². The summed E-state index contributed by atoms with van der Waals surface area (Å²) in [5, 5.41) is 11.8. The van der Waals surface area contributed by atoms with Crippen molar-refractivity contribution in [3.05, 3.63) is 0 Å². The molecule has 1 aliphatic heterocycles. The van der Waals surface area contributed by atoms with Gasteiger partial charge in [-0.2, -0.15) is 0 Å². The van der Waals surface area contributed by atoms with Crippen LogP contribution in [0.5, 0.6) is 0 Å². The smallest absolute Gasteiger partial charge is 0.139 e. The van der Waals surface area contributed by atoms with Gasteiger partial charge < -0.3 is 15.8 Å². The van der Waals surface area contributed by atoms with Crippen molar-refractivity contribution in [3.63, 3.8) is 0 Å². The van der Waals surface area contributed by atoms with E-state index in [0.717, 1.165) is 24.8 Å². The predicted molar refractivity (Wildman–Crippen MR) is 69.1 cm³/mol. The van der Waals surface area contributed by atoms with E-state index >= 15 is 0 Å². The van der Waals surface area contributed by atoms with E-state index < -0.39 is 0 Å². The van der Waals surface area contributed by atoms with Crippen molar-refractivity contribution in [2.45, 2.75) is 39.5 Å². The lowest BCUT2D eigenvalue weighted by Gasteiger charge is -2.23.